The molecule has 3 rings (SSSR count). The van der Waals surface area contributed by atoms with Crippen molar-refractivity contribution >= 4 is 46.7 Å². The van der Waals surface area contributed by atoms with Gasteiger partial charge in [0.25, 0.3) is 5.91 Å². The smallest absolute Gasteiger partial charge is 0.325 e. The highest BCUT2D eigenvalue weighted by molar-refractivity contribution is 6.35. The summed E-state index contributed by atoms with van der Waals surface area (Å²) < 4.78 is 0. The van der Waals surface area contributed by atoms with Crippen molar-refractivity contribution in [3.8, 4) is 0 Å². The van der Waals surface area contributed by atoms with Crippen LogP contribution in [0.5, 0.6) is 0 Å². The van der Waals surface area contributed by atoms with Crippen LogP contribution in [0.3, 0.4) is 0 Å². The van der Waals surface area contributed by atoms with Crippen LogP contribution in [-0.2, 0) is 14.4 Å². The van der Waals surface area contributed by atoms with Crippen LogP contribution in [0, 0.1) is 5.92 Å². The van der Waals surface area contributed by atoms with E-state index in [0.717, 1.165) is 4.90 Å². The molecular weight excluding hydrogens is 346 g/mol. The van der Waals surface area contributed by atoms with Gasteiger partial charge in [-0.15, -0.1) is 0 Å². The Bertz CT molecular complexity index is 852. The normalized spacial score (nSPS) is 17.2. The van der Waals surface area contributed by atoms with E-state index in [-0.39, 0.29) is 5.69 Å². The zero-order chi connectivity index (χ0) is 18.0. The number of benzene rings is 2. The first kappa shape index (κ1) is 16.7. The van der Waals surface area contributed by atoms with E-state index in [1.807, 2.05) is 5.32 Å². The molecule has 1 aliphatic rings. The Morgan fingerprint density at radius 2 is 1.64 bits per heavy atom. The number of amides is 5. The van der Waals surface area contributed by atoms with Gasteiger partial charge in [0.1, 0.15) is 0 Å². The van der Waals surface area contributed by atoms with Crippen molar-refractivity contribution < 1.29 is 19.2 Å². The molecule has 7 nitrogen and oxygen atoms in total. The number of imide groups is 2. The number of carbonyl (C=O) groups excluding carboxylic acids is 4. The van der Waals surface area contributed by atoms with Gasteiger partial charge < -0.3 is 5.32 Å². The molecule has 0 spiro atoms. The van der Waals surface area contributed by atoms with Crippen LogP contribution in [0.1, 0.15) is 0 Å². The zero-order valence-corrected chi connectivity index (χ0v) is 13.5. The predicted molar refractivity (Wildman–Crippen MR) is 91.0 cm³/mol. The molecule has 0 radical (unpaired) electrons. The van der Waals surface area contributed by atoms with Gasteiger partial charge in [-0.2, -0.15) is 0 Å². The lowest BCUT2D eigenvalue weighted by atomic mass is 10.0. The van der Waals surface area contributed by atoms with Gasteiger partial charge in [-0.05, 0) is 36.4 Å². The van der Waals surface area contributed by atoms with Crippen molar-refractivity contribution in [3.63, 3.8) is 0 Å². The SMILES string of the molecule is O=C1NC(=O)N(c2ccccc2)C(=O)C1C(=O)Nc1ccc(Cl)cc1. The van der Waals surface area contributed by atoms with E-state index in [0.29, 0.717) is 10.7 Å². The molecule has 25 heavy (non-hydrogen) atoms. The highest BCUT2D eigenvalue weighted by Gasteiger charge is 2.45. The molecule has 1 unspecified atom stereocenters. The fourth-order valence-corrected chi connectivity index (χ4v) is 2.50. The molecule has 1 fully saturated rings. The number of rotatable bonds is 3. The van der Waals surface area contributed by atoms with Gasteiger partial charge in [0.15, 0.2) is 5.92 Å². The van der Waals surface area contributed by atoms with Gasteiger partial charge in [-0.25, -0.2) is 9.69 Å². The third-order valence-electron chi connectivity index (χ3n) is 3.55. The molecule has 1 heterocycles. The second-order valence-corrected chi connectivity index (χ2v) is 5.67. The first-order valence-corrected chi connectivity index (χ1v) is 7.65. The Kier molecular flexibility index (Phi) is 4.49. The first-order valence-electron chi connectivity index (χ1n) is 7.27. The van der Waals surface area contributed by atoms with Crippen LogP contribution in [0.4, 0.5) is 16.2 Å². The molecule has 2 N–H and O–H groups in total. The molecule has 2 aromatic rings. The Hall–Kier alpha value is -3.19. The van der Waals surface area contributed by atoms with Crippen molar-refractivity contribution in [2.75, 3.05) is 10.2 Å². The second-order valence-electron chi connectivity index (χ2n) is 5.23. The molecule has 0 aliphatic carbocycles. The van der Waals surface area contributed by atoms with Crippen molar-refractivity contribution in [1.82, 2.24) is 5.32 Å². The van der Waals surface area contributed by atoms with E-state index in [9.17, 15) is 19.2 Å². The van der Waals surface area contributed by atoms with Crippen molar-refractivity contribution in [1.29, 1.82) is 0 Å². The van der Waals surface area contributed by atoms with Crippen LogP contribution in [0.2, 0.25) is 5.02 Å². The lowest BCUT2D eigenvalue weighted by molar-refractivity contribution is -0.139. The summed E-state index contributed by atoms with van der Waals surface area (Å²) in [6, 6.07) is 13.3. The fourth-order valence-electron chi connectivity index (χ4n) is 2.38. The first-order chi connectivity index (χ1) is 12.0. The number of carbonyl (C=O) groups is 4. The largest absolute Gasteiger partial charge is 0.335 e. The molecule has 1 aliphatic heterocycles. The van der Waals surface area contributed by atoms with E-state index in [4.69, 9.17) is 11.6 Å². The summed E-state index contributed by atoms with van der Waals surface area (Å²) in [7, 11) is 0. The van der Waals surface area contributed by atoms with Gasteiger partial charge in [-0.1, -0.05) is 29.8 Å². The van der Waals surface area contributed by atoms with E-state index >= 15 is 0 Å². The van der Waals surface area contributed by atoms with Gasteiger partial charge in [-0.3, -0.25) is 19.7 Å². The molecule has 1 atom stereocenters. The summed E-state index contributed by atoms with van der Waals surface area (Å²) in [6.45, 7) is 0. The number of anilines is 2. The average molecular weight is 358 g/mol. The molecule has 5 amide bonds. The van der Waals surface area contributed by atoms with Gasteiger partial charge >= 0.3 is 6.03 Å². The van der Waals surface area contributed by atoms with E-state index in [1.165, 1.54) is 24.3 Å². The standard InChI is InChI=1S/C17H12ClN3O4/c18-10-6-8-11(9-7-10)19-14(22)13-15(23)20-17(25)21(16(13)24)12-4-2-1-3-5-12/h1-9,13H,(H,19,22)(H,20,23,25). The quantitative estimate of drug-likeness (QED) is 0.823. The summed E-state index contributed by atoms with van der Waals surface area (Å²) in [6.07, 6.45) is 0. The minimum Gasteiger partial charge on any atom is -0.325 e. The van der Waals surface area contributed by atoms with Crippen LogP contribution < -0.4 is 15.5 Å². The fraction of sp³-hybridized carbons (Fsp3) is 0.0588. The summed E-state index contributed by atoms with van der Waals surface area (Å²) in [5.41, 5.74) is 0.639. The van der Waals surface area contributed by atoms with Crippen LogP contribution in [0.15, 0.2) is 54.6 Å². The Labute approximate surface area is 147 Å². The summed E-state index contributed by atoms with van der Waals surface area (Å²) in [5, 5.41) is 4.98. The maximum Gasteiger partial charge on any atom is 0.335 e. The minimum atomic E-state index is -1.67. The summed E-state index contributed by atoms with van der Waals surface area (Å²) in [5.74, 6) is -4.38. The Balaban J connectivity index is 1.85. The van der Waals surface area contributed by atoms with Crippen molar-refractivity contribution in [2.24, 2.45) is 5.92 Å². The highest BCUT2D eigenvalue weighted by Crippen LogP contribution is 2.22. The topological polar surface area (TPSA) is 95.6 Å². The number of para-hydroxylation sites is 1. The van der Waals surface area contributed by atoms with Crippen LogP contribution in [-0.4, -0.2) is 23.8 Å². The highest BCUT2D eigenvalue weighted by atomic mass is 35.5. The number of barbiturate groups is 1. The average Bonchev–Trinajstić information content (AvgIpc) is 2.57. The van der Waals surface area contributed by atoms with E-state index < -0.39 is 29.7 Å². The minimum absolute atomic E-state index is 0.266. The van der Waals surface area contributed by atoms with Crippen molar-refractivity contribution in [3.05, 3.63) is 59.6 Å². The number of hydrogen-bond acceptors (Lipinski definition) is 4. The molecule has 2 aromatic carbocycles. The summed E-state index contributed by atoms with van der Waals surface area (Å²) >= 11 is 5.77. The molecule has 0 saturated carbocycles. The van der Waals surface area contributed by atoms with Crippen LogP contribution >= 0.6 is 11.6 Å². The number of halogens is 1. The number of nitrogens with one attached hydrogen (secondary N) is 2. The third-order valence-corrected chi connectivity index (χ3v) is 3.80. The molecule has 0 aromatic heterocycles. The maximum atomic E-state index is 12.6. The molecule has 126 valence electrons. The molecular formula is C17H12ClN3O4. The van der Waals surface area contributed by atoms with Gasteiger partial charge in [0, 0.05) is 10.7 Å². The zero-order valence-electron chi connectivity index (χ0n) is 12.7. The molecule has 8 heteroatoms. The number of urea groups is 1. The lowest BCUT2D eigenvalue weighted by Crippen LogP contribution is -2.61. The lowest BCUT2D eigenvalue weighted by Gasteiger charge is -2.29. The molecule has 0 bridgehead atoms. The third kappa shape index (κ3) is 3.36. The van der Waals surface area contributed by atoms with Gasteiger partial charge in [0.2, 0.25) is 11.8 Å². The van der Waals surface area contributed by atoms with E-state index in [2.05, 4.69) is 5.32 Å². The number of nitrogens with zero attached hydrogens (tertiary/aromatic N) is 1. The maximum absolute atomic E-state index is 12.6. The van der Waals surface area contributed by atoms with Crippen molar-refractivity contribution in [2.45, 2.75) is 0 Å². The Morgan fingerprint density at radius 1 is 1.00 bits per heavy atom. The number of hydrogen-bond donors (Lipinski definition) is 2. The predicted octanol–water partition coefficient (Wildman–Crippen LogP) is 2.18. The second kappa shape index (κ2) is 6.74. The van der Waals surface area contributed by atoms with Gasteiger partial charge in [0.05, 0.1) is 5.69 Å². The monoisotopic (exact) mass is 357 g/mol. The van der Waals surface area contributed by atoms with E-state index in [1.54, 1.807) is 30.3 Å². The molecule has 1 saturated heterocycles. The summed E-state index contributed by atoms with van der Waals surface area (Å²) in [4.78, 5) is 49.8. The van der Waals surface area contributed by atoms with Crippen LogP contribution in [0.25, 0.3) is 0 Å². The Morgan fingerprint density at radius 3 is 2.28 bits per heavy atom.